The molecule has 0 bridgehead atoms. The molecule has 6 aromatic heterocycles. The number of fused-ring (bicyclic) bond motifs is 6. The van der Waals surface area contributed by atoms with Gasteiger partial charge in [0.05, 0.1) is 61.1 Å². The largest absolute Gasteiger partial charge is 0.420 e. The van der Waals surface area contributed by atoms with E-state index in [1.54, 1.807) is 33.9 Å². The Bertz CT molecular complexity index is 5520. The summed E-state index contributed by atoms with van der Waals surface area (Å²) < 4.78 is 101. The molecule has 2 aliphatic carbocycles. The fraction of sp³-hybridized carbons (Fsp3) is 0.0488. The van der Waals surface area contributed by atoms with Crippen molar-refractivity contribution < 1.29 is 26.3 Å². The standard InChI is InChI=1S/C82H52F6N6/c83-81(84,85)65-23-13-22-55(40-65)64-45-78(93-74-41-56(60-28-36-70(89-47-60)51-14-5-1-6-15-51)24-32-66(74)67-33-25-57(42-75(67)93)61-29-37-71(90-48-61)52-16-7-2-8-17-52)80(82(86,87)88)79(46-64)94-76-43-58(62-30-38-72(91-49-62)53-18-9-3-10-19-53)26-34-68(76)69-35-27-59(44-77(69)94)63-31-39-73(92-50-63)54-20-11-4-12-21-54/h1-18,20,22-50H,19,21H2. The van der Waals surface area contributed by atoms with E-state index in [0.29, 0.717) is 89.1 Å². The SMILES string of the molecule is FC(F)(F)c1cccc(-c2cc(-n3c4cc(-c5ccc(-c6ccccc6)nc5)ccc4c4ccc(-c5ccc(-c6ccccc6)nc5)cc43)c(C(F)(F)F)c(-n3c4cc(=c5ccc(=C6C=CC=CC6)nc5)ccc4c4ccc(=c5ccc(=C6C=CC=CC6)nc5)cc43)c2)c1. The first kappa shape index (κ1) is 57.4. The van der Waals surface area contributed by atoms with Gasteiger partial charge in [-0.25, -0.2) is 0 Å². The van der Waals surface area contributed by atoms with Crippen molar-refractivity contribution in [2.45, 2.75) is 25.2 Å². The van der Waals surface area contributed by atoms with Gasteiger partial charge in [0.2, 0.25) is 0 Å². The first-order chi connectivity index (χ1) is 45.8. The van der Waals surface area contributed by atoms with Crippen molar-refractivity contribution in [3.05, 3.63) is 334 Å². The van der Waals surface area contributed by atoms with E-state index in [4.69, 9.17) is 19.9 Å². The average Bonchev–Trinajstić information content (AvgIpc) is 1.52. The highest BCUT2D eigenvalue weighted by molar-refractivity contribution is 6.12. The van der Waals surface area contributed by atoms with E-state index in [2.05, 4.69) is 12.2 Å². The van der Waals surface area contributed by atoms with E-state index in [1.165, 1.54) is 24.3 Å². The van der Waals surface area contributed by atoms with Crippen LogP contribution < -0.4 is 10.7 Å². The summed E-state index contributed by atoms with van der Waals surface area (Å²) in [6.45, 7) is 0. The third kappa shape index (κ3) is 10.6. The van der Waals surface area contributed by atoms with Gasteiger partial charge in [-0.05, 0) is 129 Å². The van der Waals surface area contributed by atoms with Crippen molar-refractivity contribution in [3.63, 3.8) is 0 Å². The quantitative estimate of drug-likeness (QED) is 0.149. The van der Waals surface area contributed by atoms with Crippen molar-refractivity contribution >= 4 is 54.8 Å². The van der Waals surface area contributed by atoms with Gasteiger partial charge in [-0.1, -0.05) is 194 Å². The number of aromatic nitrogens is 6. The van der Waals surface area contributed by atoms with E-state index in [0.717, 1.165) is 66.9 Å². The lowest BCUT2D eigenvalue weighted by Crippen LogP contribution is -2.16. The number of benzene rings is 8. The van der Waals surface area contributed by atoms with E-state index < -0.39 is 23.5 Å². The summed E-state index contributed by atoms with van der Waals surface area (Å²) in [6, 6.07) is 65.5. The van der Waals surface area contributed by atoms with Crippen LogP contribution in [0.1, 0.15) is 24.0 Å². The number of nitrogens with zero attached hydrogens (tertiary/aromatic N) is 6. The monoisotopic (exact) mass is 1230 g/mol. The molecule has 6 heterocycles. The zero-order valence-electron chi connectivity index (χ0n) is 50.1. The summed E-state index contributed by atoms with van der Waals surface area (Å²) in [5, 5.41) is 7.02. The lowest BCUT2D eigenvalue weighted by Gasteiger charge is -2.23. The molecule has 94 heavy (non-hydrogen) atoms. The second-order valence-corrected chi connectivity index (χ2v) is 23.6. The van der Waals surface area contributed by atoms with Gasteiger partial charge in [-0.2, -0.15) is 26.3 Å². The van der Waals surface area contributed by atoms with Crippen LogP contribution >= 0.6 is 0 Å². The normalized spacial score (nSPS) is 15.3. The van der Waals surface area contributed by atoms with Crippen molar-refractivity contribution in [1.82, 2.24) is 29.1 Å². The summed E-state index contributed by atoms with van der Waals surface area (Å²) in [4.78, 5) is 19.4. The highest BCUT2D eigenvalue weighted by Crippen LogP contribution is 2.48. The molecule has 0 spiro atoms. The molecule has 0 amide bonds. The van der Waals surface area contributed by atoms with Gasteiger partial charge in [-0.3, -0.25) is 19.9 Å². The van der Waals surface area contributed by atoms with Crippen molar-refractivity contribution in [2.75, 3.05) is 0 Å². The molecule has 14 aromatic rings. The lowest BCUT2D eigenvalue weighted by atomic mass is 9.97. The first-order valence-corrected chi connectivity index (χ1v) is 30.8. The molecule has 452 valence electrons. The summed E-state index contributed by atoms with van der Waals surface area (Å²) >= 11 is 0. The fourth-order valence-corrected chi connectivity index (χ4v) is 13.2. The minimum Gasteiger partial charge on any atom is -0.308 e. The zero-order chi connectivity index (χ0) is 63.7. The fourth-order valence-electron chi connectivity index (χ4n) is 13.2. The molecule has 12 heteroatoms. The van der Waals surface area contributed by atoms with Gasteiger partial charge in [0.25, 0.3) is 0 Å². The van der Waals surface area contributed by atoms with E-state index in [9.17, 15) is 13.2 Å². The predicted molar refractivity (Wildman–Crippen MR) is 364 cm³/mol. The van der Waals surface area contributed by atoms with Crippen molar-refractivity contribution in [1.29, 1.82) is 0 Å². The summed E-state index contributed by atoms with van der Waals surface area (Å²) in [6.07, 6.45) is 14.7. The van der Waals surface area contributed by atoms with E-state index >= 15 is 13.2 Å². The average molecular weight is 1240 g/mol. The molecule has 0 aliphatic heterocycles. The van der Waals surface area contributed by atoms with Gasteiger partial charge in [-0.15, -0.1) is 0 Å². The Morgan fingerprint density at radius 1 is 0.309 bits per heavy atom. The minimum atomic E-state index is -5.12. The van der Waals surface area contributed by atoms with Crippen LogP contribution in [0.3, 0.4) is 0 Å². The molecule has 0 saturated heterocycles. The van der Waals surface area contributed by atoms with E-state index in [1.807, 2.05) is 218 Å². The summed E-state index contributed by atoms with van der Waals surface area (Å²) in [7, 11) is 0. The second-order valence-electron chi connectivity index (χ2n) is 23.6. The number of allylic oxidation sites excluding steroid dienone is 8. The van der Waals surface area contributed by atoms with Crippen LogP contribution in [-0.2, 0) is 12.4 Å². The highest BCUT2D eigenvalue weighted by atomic mass is 19.4. The molecule has 6 nitrogen and oxygen atoms in total. The second kappa shape index (κ2) is 23.2. The van der Waals surface area contributed by atoms with Gasteiger partial charge in [0, 0.05) is 79.0 Å². The topological polar surface area (TPSA) is 61.4 Å². The highest BCUT2D eigenvalue weighted by Gasteiger charge is 2.40. The van der Waals surface area contributed by atoms with Crippen LogP contribution in [0.4, 0.5) is 26.3 Å². The van der Waals surface area contributed by atoms with Gasteiger partial charge < -0.3 is 9.13 Å². The third-order valence-corrected chi connectivity index (χ3v) is 17.9. The Morgan fingerprint density at radius 3 is 1.14 bits per heavy atom. The van der Waals surface area contributed by atoms with Gasteiger partial charge in [0.15, 0.2) is 0 Å². The molecule has 0 radical (unpaired) electrons. The summed E-state index contributed by atoms with van der Waals surface area (Å²) in [5.74, 6) is 0. The van der Waals surface area contributed by atoms with Crippen LogP contribution in [-0.4, -0.2) is 29.1 Å². The molecule has 0 atom stereocenters. The maximum atomic E-state index is 17.7. The van der Waals surface area contributed by atoms with Crippen molar-refractivity contribution in [2.24, 2.45) is 0 Å². The van der Waals surface area contributed by atoms with Crippen LogP contribution in [0.15, 0.2) is 292 Å². The van der Waals surface area contributed by atoms with Crippen LogP contribution in [0.25, 0.3) is 122 Å². The third-order valence-electron chi connectivity index (χ3n) is 17.9. The molecule has 8 aromatic carbocycles. The molecule has 0 fully saturated rings. The zero-order valence-corrected chi connectivity index (χ0v) is 50.1. The number of rotatable bonds is 7. The van der Waals surface area contributed by atoms with Crippen LogP contribution in [0.5, 0.6) is 0 Å². The van der Waals surface area contributed by atoms with Crippen LogP contribution in [0, 0.1) is 20.9 Å². The lowest BCUT2D eigenvalue weighted by molar-refractivity contribution is -0.138. The Balaban J connectivity index is 1.02. The molecule has 16 rings (SSSR count). The van der Waals surface area contributed by atoms with Gasteiger partial charge in [0.1, 0.15) is 5.56 Å². The number of hydrogen-bond acceptors (Lipinski definition) is 4. The Kier molecular flexibility index (Phi) is 14.2. The number of alkyl halides is 6. The van der Waals surface area contributed by atoms with Crippen LogP contribution in [0.2, 0.25) is 0 Å². The Morgan fingerprint density at radius 2 is 0.734 bits per heavy atom. The molecule has 0 unspecified atom stereocenters. The predicted octanol–water partition coefficient (Wildman–Crippen LogP) is 19.7. The van der Waals surface area contributed by atoms with E-state index in [-0.39, 0.29) is 22.5 Å². The maximum absolute atomic E-state index is 17.7. The first-order valence-electron chi connectivity index (χ1n) is 30.8. The summed E-state index contributed by atoms with van der Waals surface area (Å²) in [5.41, 5.74) is 7.47. The van der Waals surface area contributed by atoms with Gasteiger partial charge >= 0.3 is 12.4 Å². The van der Waals surface area contributed by atoms with Crippen molar-refractivity contribution in [3.8, 4) is 67.3 Å². The minimum absolute atomic E-state index is 0.0594. The molecular formula is C82H52F6N6. The smallest absolute Gasteiger partial charge is 0.308 e. The number of hydrogen-bond donors (Lipinski definition) is 0. The molecule has 0 N–H and O–H groups in total. The maximum Gasteiger partial charge on any atom is 0.420 e. The number of halogens is 6. The Hall–Kier alpha value is -11.8. The number of pyridine rings is 4. The molecular weight excluding hydrogens is 1180 g/mol. The molecule has 2 aliphatic rings. The molecule has 0 saturated carbocycles. The Labute approximate surface area is 534 Å².